The van der Waals surface area contributed by atoms with Gasteiger partial charge in [-0.3, -0.25) is 4.79 Å². The first-order chi connectivity index (χ1) is 13.3. The van der Waals surface area contributed by atoms with Crippen molar-refractivity contribution in [3.63, 3.8) is 0 Å². The first-order valence-corrected chi connectivity index (χ1v) is 8.94. The third-order valence-corrected chi connectivity index (χ3v) is 4.96. The smallest absolute Gasteiger partial charge is 0.196 e. The van der Waals surface area contributed by atoms with Gasteiger partial charge in [0.1, 0.15) is 5.75 Å². The maximum absolute atomic E-state index is 13.3. The van der Waals surface area contributed by atoms with Gasteiger partial charge in [-0.1, -0.05) is 60.7 Å². The Balaban J connectivity index is 1.70. The summed E-state index contributed by atoms with van der Waals surface area (Å²) in [6, 6.07) is 25.4. The van der Waals surface area contributed by atoms with Crippen LogP contribution in [-0.2, 0) is 0 Å². The minimum Gasteiger partial charge on any atom is -0.480 e. The number of carbonyl (C=O) groups is 1. The summed E-state index contributed by atoms with van der Waals surface area (Å²) >= 11 is 0. The molecule has 0 radical (unpaired) electrons. The van der Waals surface area contributed by atoms with Gasteiger partial charge in [-0.2, -0.15) is 0 Å². The van der Waals surface area contributed by atoms with Crippen molar-refractivity contribution in [1.82, 2.24) is 4.98 Å². The highest BCUT2D eigenvalue weighted by Crippen LogP contribution is 2.39. The highest BCUT2D eigenvalue weighted by molar-refractivity contribution is 6.15. The Morgan fingerprint density at radius 3 is 2.48 bits per heavy atom. The summed E-state index contributed by atoms with van der Waals surface area (Å²) in [5, 5.41) is 1.09. The van der Waals surface area contributed by atoms with Crippen molar-refractivity contribution in [3.05, 3.63) is 107 Å². The molecule has 5 rings (SSSR count). The van der Waals surface area contributed by atoms with E-state index in [0.717, 1.165) is 22.0 Å². The average molecular weight is 351 g/mol. The summed E-state index contributed by atoms with van der Waals surface area (Å²) in [6.07, 6.45) is 3.46. The van der Waals surface area contributed by atoms with Gasteiger partial charge in [-0.25, -0.2) is 0 Å². The number of hydrogen-bond acceptors (Lipinski definition) is 2. The lowest BCUT2D eigenvalue weighted by atomic mass is 9.89. The molecule has 2 heterocycles. The minimum atomic E-state index is -0.428. The minimum absolute atomic E-state index is 0.0102. The number of carbonyl (C=O) groups excluding carboxylic acids is 1. The zero-order chi connectivity index (χ0) is 18.2. The summed E-state index contributed by atoms with van der Waals surface area (Å²) in [7, 11) is 0. The number of benzene rings is 3. The van der Waals surface area contributed by atoms with E-state index in [9.17, 15) is 4.79 Å². The van der Waals surface area contributed by atoms with Crippen molar-refractivity contribution >= 4 is 22.8 Å². The molecule has 1 aliphatic rings. The number of Topliss-reactive ketones (excluding diaryl/α,β-unsaturated/α-hetero) is 1. The number of rotatable bonds is 2. The number of fused-ring (bicyclic) bond motifs is 2. The average Bonchev–Trinajstić information content (AvgIpc) is 3.14. The molecule has 4 aromatic rings. The third kappa shape index (κ3) is 2.64. The SMILES string of the molecule is O=C1/C(=C\c2c[nH]c3ccccc23)C(c2ccccc2)Oc2ccccc21. The quantitative estimate of drug-likeness (QED) is 0.480. The van der Waals surface area contributed by atoms with Crippen LogP contribution in [0.3, 0.4) is 0 Å². The van der Waals surface area contributed by atoms with Gasteiger partial charge in [-0.05, 0) is 29.8 Å². The number of aromatic nitrogens is 1. The van der Waals surface area contributed by atoms with E-state index in [4.69, 9.17) is 4.74 Å². The Hall–Kier alpha value is -3.59. The van der Waals surface area contributed by atoms with E-state index in [1.54, 1.807) is 0 Å². The van der Waals surface area contributed by atoms with Gasteiger partial charge in [0, 0.05) is 28.2 Å². The summed E-state index contributed by atoms with van der Waals surface area (Å²) in [5.41, 5.74) is 4.25. The Kier molecular flexibility index (Phi) is 3.65. The third-order valence-electron chi connectivity index (χ3n) is 4.96. The molecule has 1 aliphatic heterocycles. The number of aromatic amines is 1. The number of para-hydroxylation sites is 2. The first kappa shape index (κ1) is 15.6. The van der Waals surface area contributed by atoms with Crippen LogP contribution in [0.15, 0.2) is 90.6 Å². The molecular weight excluding hydrogens is 334 g/mol. The molecule has 1 unspecified atom stereocenters. The summed E-state index contributed by atoms with van der Waals surface area (Å²) in [4.78, 5) is 16.6. The monoisotopic (exact) mass is 351 g/mol. The normalized spacial score (nSPS) is 17.7. The highest BCUT2D eigenvalue weighted by atomic mass is 16.5. The molecule has 130 valence electrons. The lowest BCUT2D eigenvalue weighted by molar-refractivity contribution is 0.0963. The molecular formula is C24H17NO2. The van der Waals surface area contributed by atoms with Crippen LogP contribution in [0.4, 0.5) is 0 Å². The molecule has 1 atom stereocenters. The maximum atomic E-state index is 13.3. The van der Waals surface area contributed by atoms with Gasteiger partial charge in [-0.15, -0.1) is 0 Å². The second kappa shape index (κ2) is 6.29. The fraction of sp³-hybridized carbons (Fsp3) is 0.0417. The largest absolute Gasteiger partial charge is 0.480 e. The highest BCUT2D eigenvalue weighted by Gasteiger charge is 2.32. The lowest BCUT2D eigenvalue weighted by Gasteiger charge is -2.28. The molecule has 0 saturated heterocycles. The number of ether oxygens (including phenoxy) is 1. The van der Waals surface area contributed by atoms with Crippen LogP contribution in [0, 0.1) is 0 Å². The Morgan fingerprint density at radius 2 is 1.59 bits per heavy atom. The van der Waals surface area contributed by atoms with E-state index in [-0.39, 0.29) is 5.78 Å². The predicted octanol–water partition coefficient (Wildman–Crippen LogP) is 5.57. The second-order valence-electron chi connectivity index (χ2n) is 6.62. The Morgan fingerprint density at radius 1 is 0.852 bits per heavy atom. The molecule has 27 heavy (non-hydrogen) atoms. The lowest BCUT2D eigenvalue weighted by Crippen LogP contribution is -2.23. The molecule has 3 nitrogen and oxygen atoms in total. The van der Waals surface area contributed by atoms with E-state index in [1.807, 2.05) is 85.1 Å². The van der Waals surface area contributed by atoms with E-state index < -0.39 is 6.10 Å². The number of nitrogens with one attached hydrogen (secondary N) is 1. The number of ketones is 1. The Labute approximate surface area is 156 Å². The molecule has 0 fully saturated rings. The first-order valence-electron chi connectivity index (χ1n) is 8.94. The van der Waals surface area contributed by atoms with Gasteiger partial charge in [0.15, 0.2) is 11.9 Å². The maximum Gasteiger partial charge on any atom is 0.196 e. The summed E-state index contributed by atoms with van der Waals surface area (Å²) < 4.78 is 6.26. The van der Waals surface area contributed by atoms with Crippen molar-refractivity contribution in [2.75, 3.05) is 0 Å². The van der Waals surface area contributed by atoms with Gasteiger partial charge in [0.05, 0.1) is 5.56 Å². The van der Waals surface area contributed by atoms with Crippen LogP contribution < -0.4 is 4.74 Å². The van der Waals surface area contributed by atoms with Crippen LogP contribution in [0.1, 0.15) is 27.6 Å². The van der Waals surface area contributed by atoms with Gasteiger partial charge in [0.25, 0.3) is 0 Å². The van der Waals surface area contributed by atoms with Crippen LogP contribution in [0.5, 0.6) is 5.75 Å². The zero-order valence-corrected chi connectivity index (χ0v) is 14.6. The molecule has 3 heteroatoms. The van der Waals surface area contributed by atoms with E-state index in [1.165, 1.54) is 0 Å². The Bertz CT molecular complexity index is 1170. The van der Waals surface area contributed by atoms with Crippen molar-refractivity contribution < 1.29 is 9.53 Å². The van der Waals surface area contributed by atoms with Crippen LogP contribution >= 0.6 is 0 Å². The summed E-state index contributed by atoms with van der Waals surface area (Å²) in [6.45, 7) is 0. The molecule has 0 spiro atoms. The topological polar surface area (TPSA) is 42.1 Å². The number of H-pyrrole nitrogens is 1. The predicted molar refractivity (Wildman–Crippen MR) is 107 cm³/mol. The standard InChI is InChI=1S/C24H17NO2/c26-23-19-11-5-7-13-22(19)27-24(16-8-2-1-3-9-16)20(23)14-17-15-25-21-12-6-4-10-18(17)21/h1-15,24-25H/b20-14+. The van der Waals surface area contributed by atoms with Crippen LogP contribution in [-0.4, -0.2) is 10.8 Å². The zero-order valence-electron chi connectivity index (χ0n) is 14.6. The fourth-order valence-electron chi connectivity index (χ4n) is 3.62. The van der Waals surface area contributed by atoms with E-state index in [0.29, 0.717) is 16.9 Å². The van der Waals surface area contributed by atoms with Gasteiger partial charge < -0.3 is 9.72 Å². The van der Waals surface area contributed by atoms with Crippen LogP contribution in [0.2, 0.25) is 0 Å². The van der Waals surface area contributed by atoms with Crippen LogP contribution in [0.25, 0.3) is 17.0 Å². The van der Waals surface area contributed by atoms with Crippen molar-refractivity contribution in [2.24, 2.45) is 0 Å². The molecule has 0 bridgehead atoms. The van der Waals surface area contributed by atoms with Gasteiger partial charge >= 0.3 is 0 Å². The number of hydrogen-bond donors (Lipinski definition) is 1. The van der Waals surface area contributed by atoms with Crippen molar-refractivity contribution in [3.8, 4) is 5.75 Å². The van der Waals surface area contributed by atoms with Crippen molar-refractivity contribution in [1.29, 1.82) is 0 Å². The van der Waals surface area contributed by atoms with E-state index >= 15 is 0 Å². The second-order valence-corrected chi connectivity index (χ2v) is 6.62. The summed E-state index contributed by atoms with van der Waals surface area (Å²) in [5.74, 6) is 0.642. The molecule has 0 amide bonds. The van der Waals surface area contributed by atoms with Crippen molar-refractivity contribution in [2.45, 2.75) is 6.10 Å². The molecule has 0 aliphatic carbocycles. The molecule has 0 saturated carbocycles. The molecule has 1 N–H and O–H groups in total. The van der Waals surface area contributed by atoms with E-state index in [2.05, 4.69) is 11.1 Å². The molecule has 1 aromatic heterocycles. The van der Waals surface area contributed by atoms with Gasteiger partial charge in [0.2, 0.25) is 0 Å². The fourth-order valence-corrected chi connectivity index (χ4v) is 3.62. The molecule has 3 aromatic carbocycles.